The van der Waals surface area contributed by atoms with Gasteiger partial charge in [0.15, 0.2) is 0 Å². The summed E-state index contributed by atoms with van der Waals surface area (Å²) < 4.78 is 0.848. The van der Waals surface area contributed by atoms with Crippen molar-refractivity contribution in [2.75, 3.05) is 11.9 Å². The fourth-order valence-electron chi connectivity index (χ4n) is 1.78. The van der Waals surface area contributed by atoms with Crippen molar-refractivity contribution >= 4 is 33.3 Å². The van der Waals surface area contributed by atoms with Crippen LogP contribution in [0.15, 0.2) is 41.0 Å². The molecule has 0 saturated heterocycles. The van der Waals surface area contributed by atoms with Gasteiger partial charge in [0.2, 0.25) is 0 Å². The van der Waals surface area contributed by atoms with Crippen LogP contribution >= 0.6 is 27.5 Å². The van der Waals surface area contributed by atoms with Crippen LogP contribution in [0.3, 0.4) is 0 Å². The van der Waals surface area contributed by atoms with Crippen LogP contribution in [0.4, 0.5) is 5.82 Å². The topological polar surface area (TPSA) is 39.9 Å². The first-order chi connectivity index (χ1) is 9.10. The molecule has 5 heteroatoms. The standard InChI is InChI=1S/C14H11BrClN3/c1-19(14-13(16)6-12(15)8-18-14)9-11-4-2-3-10(5-11)7-17/h2-6,8H,9H2,1H3. The largest absolute Gasteiger partial charge is 0.354 e. The van der Waals surface area contributed by atoms with Gasteiger partial charge < -0.3 is 4.90 Å². The Morgan fingerprint density at radius 1 is 1.42 bits per heavy atom. The van der Waals surface area contributed by atoms with Crippen LogP contribution in [-0.4, -0.2) is 12.0 Å². The third-order valence-electron chi connectivity index (χ3n) is 2.63. The predicted molar refractivity (Wildman–Crippen MR) is 80.2 cm³/mol. The molecule has 1 heterocycles. The summed E-state index contributed by atoms with van der Waals surface area (Å²) in [6.07, 6.45) is 1.71. The van der Waals surface area contributed by atoms with Gasteiger partial charge in [-0.2, -0.15) is 5.26 Å². The number of nitrogens with zero attached hydrogens (tertiary/aromatic N) is 3. The molecule has 3 nitrogen and oxygen atoms in total. The molecule has 0 amide bonds. The van der Waals surface area contributed by atoms with Crippen LogP contribution in [-0.2, 0) is 6.54 Å². The first-order valence-electron chi connectivity index (χ1n) is 5.61. The van der Waals surface area contributed by atoms with E-state index < -0.39 is 0 Å². The van der Waals surface area contributed by atoms with E-state index in [9.17, 15) is 0 Å². The van der Waals surface area contributed by atoms with Crippen molar-refractivity contribution in [1.29, 1.82) is 5.26 Å². The van der Waals surface area contributed by atoms with Crippen molar-refractivity contribution < 1.29 is 0 Å². The molecule has 2 aromatic rings. The summed E-state index contributed by atoms with van der Waals surface area (Å²) in [6.45, 7) is 0.643. The molecule has 0 fully saturated rings. The van der Waals surface area contributed by atoms with Crippen molar-refractivity contribution in [1.82, 2.24) is 4.98 Å². The van der Waals surface area contributed by atoms with Crippen molar-refractivity contribution in [3.05, 3.63) is 57.2 Å². The Morgan fingerprint density at radius 3 is 2.89 bits per heavy atom. The molecule has 96 valence electrons. The number of rotatable bonds is 3. The fourth-order valence-corrected chi connectivity index (χ4v) is 2.55. The number of nitriles is 1. The number of aromatic nitrogens is 1. The summed E-state index contributed by atoms with van der Waals surface area (Å²) in [5.41, 5.74) is 1.70. The normalized spacial score (nSPS) is 10.0. The van der Waals surface area contributed by atoms with Crippen LogP contribution in [0.2, 0.25) is 5.02 Å². The molecule has 0 aliphatic rings. The van der Waals surface area contributed by atoms with E-state index in [1.165, 1.54) is 0 Å². The second-order valence-electron chi connectivity index (χ2n) is 4.13. The van der Waals surface area contributed by atoms with Gasteiger partial charge in [0.05, 0.1) is 16.7 Å². The molecule has 19 heavy (non-hydrogen) atoms. The summed E-state index contributed by atoms with van der Waals surface area (Å²) >= 11 is 9.49. The summed E-state index contributed by atoms with van der Waals surface area (Å²) in [7, 11) is 1.92. The lowest BCUT2D eigenvalue weighted by Crippen LogP contribution is -2.18. The highest BCUT2D eigenvalue weighted by molar-refractivity contribution is 9.10. The third-order valence-corrected chi connectivity index (χ3v) is 3.34. The van der Waals surface area contributed by atoms with Crippen molar-refractivity contribution in [3.63, 3.8) is 0 Å². The van der Waals surface area contributed by atoms with Gasteiger partial charge in [-0.1, -0.05) is 23.7 Å². The second-order valence-corrected chi connectivity index (χ2v) is 5.45. The molecule has 0 saturated carbocycles. The Hall–Kier alpha value is -1.57. The average Bonchev–Trinajstić information content (AvgIpc) is 2.38. The monoisotopic (exact) mass is 335 g/mol. The molecule has 0 N–H and O–H groups in total. The fraction of sp³-hybridized carbons (Fsp3) is 0.143. The lowest BCUT2D eigenvalue weighted by atomic mass is 10.1. The minimum absolute atomic E-state index is 0.591. The third kappa shape index (κ3) is 3.46. The van der Waals surface area contributed by atoms with E-state index in [0.29, 0.717) is 22.9 Å². The predicted octanol–water partition coefficient (Wildman–Crippen LogP) is 4.01. The van der Waals surface area contributed by atoms with E-state index in [2.05, 4.69) is 27.0 Å². The maximum atomic E-state index is 8.89. The van der Waals surface area contributed by atoms with Gasteiger partial charge in [0.1, 0.15) is 5.82 Å². The van der Waals surface area contributed by atoms with Crippen LogP contribution in [0.5, 0.6) is 0 Å². The molecule has 0 aliphatic heterocycles. The maximum Gasteiger partial charge on any atom is 0.147 e. The van der Waals surface area contributed by atoms with Crippen LogP contribution in [0.1, 0.15) is 11.1 Å². The van der Waals surface area contributed by atoms with Gasteiger partial charge in [-0.05, 0) is 39.7 Å². The van der Waals surface area contributed by atoms with E-state index in [4.69, 9.17) is 16.9 Å². The molecule has 2 rings (SSSR count). The molecular weight excluding hydrogens is 326 g/mol. The highest BCUT2D eigenvalue weighted by Crippen LogP contribution is 2.26. The van der Waals surface area contributed by atoms with E-state index in [1.807, 2.05) is 36.2 Å². The average molecular weight is 337 g/mol. The molecule has 0 spiro atoms. The molecule has 1 aromatic heterocycles. The zero-order valence-corrected chi connectivity index (χ0v) is 12.6. The first-order valence-corrected chi connectivity index (χ1v) is 6.78. The van der Waals surface area contributed by atoms with Gasteiger partial charge in [0, 0.05) is 24.3 Å². The molecule has 0 radical (unpaired) electrons. The smallest absolute Gasteiger partial charge is 0.147 e. The minimum Gasteiger partial charge on any atom is -0.354 e. The molecule has 0 atom stereocenters. The lowest BCUT2D eigenvalue weighted by Gasteiger charge is -2.19. The zero-order chi connectivity index (χ0) is 13.8. The molecular formula is C14H11BrClN3. The van der Waals surface area contributed by atoms with Gasteiger partial charge in [-0.3, -0.25) is 0 Å². The van der Waals surface area contributed by atoms with Crippen LogP contribution in [0.25, 0.3) is 0 Å². The van der Waals surface area contributed by atoms with Crippen LogP contribution in [0, 0.1) is 11.3 Å². The maximum absolute atomic E-state index is 8.89. The molecule has 0 aliphatic carbocycles. The van der Waals surface area contributed by atoms with Crippen molar-refractivity contribution in [3.8, 4) is 6.07 Å². The Morgan fingerprint density at radius 2 is 2.21 bits per heavy atom. The van der Waals surface area contributed by atoms with E-state index in [0.717, 1.165) is 10.0 Å². The number of hydrogen-bond acceptors (Lipinski definition) is 3. The Kier molecular flexibility index (Phi) is 4.41. The number of hydrogen-bond donors (Lipinski definition) is 0. The van der Waals surface area contributed by atoms with Gasteiger partial charge in [0.25, 0.3) is 0 Å². The van der Waals surface area contributed by atoms with E-state index >= 15 is 0 Å². The second kappa shape index (κ2) is 6.05. The number of halogens is 2. The summed E-state index contributed by atoms with van der Waals surface area (Å²) in [4.78, 5) is 6.25. The minimum atomic E-state index is 0.591. The summed E-state index contributed by atoms with van der Waals surface area (Å²) in [6, 6.07) is 11.4. The van der Waals surface area contributed by atoms with Gasteiger partial charge in [-0.25, -0.2) is 4.98 Å². The highest BCUT2D eigenvalue weighted by Gasteiger charge is 2.09. The highest BCUT2D eigenvalue weighted by atomic mass is 79.9. The molecule has 0 bridgehead atoms. The Bertz CT molecular complexity index is 637. The zero-order valence-electron chi connectivity index (χ0n) is 10.3. The van der Waals surface area contributed by atoms with Gasteiger partial charge in [-0.15, -0.1) is 0 Å². The number of anilines is 1. The summed E-state index contributed by atoms with van der Waals surface area (Å²) in [5, 5.41) is 9.48. The van der Waals surface area contributed by atoms with Crippen molar-refractivity contribution in [2.45, 2.75) is 6.54 Å². The Labute approximate surface area is 125 Å². The molecule has 1 aromatic carbocycles. The van der Waals surface area contributed by atoms with Gasteiger partial charge >= 0.3 is 0 Å². The first kappa shape index (κ1) is 13.9. The summed E-state index contributed by atoms with van der Waals surface area (Å²) in [5.74, 6) is 0.715. The van der Waals surface area contributed by atoms with Crippen LogP contribution < -0.4 is 4.90 Å². The molecule has 0 unspecified atom stereocenters. The quantitative estimate of drug-likeness (QED) is 0.850. The van der Waals surface area contributed by atoms with E-state index in [1.54, 1.807) is 12.3 Å². The van der Waals surface area contributed by atoms with Crippen molar-refractivity contribution in [2.24, 2.45) is 0 Å². The Balaban J connectivity index is 2.20. The lowest BCUT2D eigenvalue weighted by molar-refractivity contribution is 0.897. The number of benzene rings is 1. The number of pyridine rings is 1. The SMILES string of the molecule is CN(Cc1cccc(C#N)c1)c1ncc(Br)cc1Cl. The van der Waals surface area contributed by atoms with E-state index in [-0.39, 0.29) is 0 Å².